The summed E-state index contributed by atoms with van der Waals surface area (Å²) in [5.41, 5.74) is 0.999. The SMILES string of the molecule is CCCCCCCCCCCCCCCC(=O)NCC(=O)N(C)c1ccc(Cl)cc1C(=O)c1ccccc1Cl. The number of benzene rings is 2. The molecule has 0 saturated carbocycles. The van der Waals surface area contributed by atoms with Crippen LogP contribution in [0.15, 0.2) is 42.5 Å². The van der Waals surface area contributed by atoms with Gasteiger partial charge in [-0.25, -0.2) is 0 Å². The van der Waals surface area contributed by atoms with Crippen molar-refractivity contribution >= 4 is 46.5 Å². The lowest BCUT2D eigenvalue weighted by Gasteiger charge is -2.21. The topological polar surface area (TPSA) is 66.5 Å². The van der Waals surface area contributed by atoms with Crippen LogP contribution in [0.4, 0.5) is 5.69 Å². The third-order valence-corrected chi connectivity index (χ3v) is 7.57. The van der Waals surface area contributed by atoms with Crippen LogP contribution in [-0.4, -0.2) is 31.2 Å². The van der Waals surface area contributed by atoms with Crippen LogP contribution in [0.2, 0.25) is 10.0 Å². The number of nitrogens with one attached hydrogen (secondary N) is 1. The Labute approximate surface area is 244 Å². The predicted molar refractivity (Wildman–Crippen MR) is 163 cm³/mol. The Bertz CT molecular complexity index is 1060. The summed E-state index contributed by atoms with van der Waals surface area (Å²) in [6.07, 6.45) is 16.7. The van der Waals surface area contributed by atoms with Crippen LogP contribution in [-0.2, 0) is 9.59 Å². The molecule has 0 unspecified atom stereocenters. The summed E-state index contributed by atoms with van der Waals surface area (Å²) in [4.78, 5) is 39.7. The van der Waals surface area contributed by atoms with Crippen molar-refractivity contribution in [1.82, 2.24) is 5.32 Å². The number of hydrogen-bond acceptors (Lipinski definition) is 3. The molecule has 0 aliphatic heterocycles. The number of carbonyl (C=O) groups is 3. The molecule has 2 aromatic carbocycles. The number of nitrogens with zero attached hydrogens (tertiary/aromatic N) is 1. The molecule has 7 heteroatoms. The van der Waals surface area contributed by atoms with Crippen molar-refractivity contribution in [2.45, 2.75) is 96.8 Å². The minimum absolute atomic E-state index is 0.136. The molecule has 2 aromatic rings. The van der Waals surface area contributed by atoms with Crippen molar-refractivity contribution in [2.24, 2.45) is 0 Å². The Morgan fingerprint density at radius 1 is 0.744 bits per heavy atom. The molecular formula is C32H44Cl2N2O3. The van der Waals surface area contributed by atoms with Crippen LogP contribution >= 0.6 is 23.2 Å². The van der Waals surface area contributed by atoms with Gasteiger partial charge in [0, 0.05) is 29.6 Å². The van der Waals surface area contributed by atoms with Crippen LogP contribution in [0.25, 0.3) is 0 Å². The van der Waals surface area contributed by atoms with Crippen molar-refractivity contribution in [3.05, 3.63) is 63.6 Å². The van der Waals surface area contributed by atoms with Gasteiger partial charge in [0.05, 0.1) is 17.3 Å². The summed E-state index contributed by atoms with van der Waals surface area (Å²) in [7, 11) is 1.58. The van der Waals surface area contributed by atoms with Crippen molar-refractivity contribution < 1.29 is 14.4 Å². The van der Waals surface area contributed by atoms with E-state index in [9.17, 15) is 14.4 Å². The molecule has 39 heavy (non-hydrogen) atoms. The Balaban J connectivity index is 1.69. The molecule has 0 bridgehead atoms. The molecule has 0 aliphatic rings. The lowest BCUT2D eigenvalue weighted by atomic mass is 10.0. The van der Waals surface area contributed by atoms with E-state index < -0.39 is 0 Å². The van der Waals surface area contributed by atoms with E-state index >= 15 is 0 Å². The van der Waals surface area contributed by atoms with Gasteiger partial charge < -0.3 is 10.2 Å². The first kappa shape index (κ1) is 32.8. The number of likely N-dealkylation sites (N-methyl/N-ethyl adjacent to an activating group) is 1. The summed E-state index contributed by atoms with van der Waals surface area (Å²) >= 11 is 12.4. The molecular weight excluding hydrogens is 531 g/mol. The smallest absolute Gasteiger partial charge is 0.246 e. The molecule has 2 rings (SSSR count). The van der Waals surface area contributed by atoms with E-state index in [0.717, 1.165) is 19.3 Å². The summed E-state index contributed by atoms with van der Waals surface area (Å²) in [5, 5.41) is 3.41. The zero-order valence-corrected chi connectivity index (χ0v) is 25.1. The second-order valence-electron chi connectivity index (χ2n) is 10.2. The van der Waals surface area contributed by atoms with Gasteiger partial charge in [-0.3, -0.25) is 14.4 Å². The van der Waals surface area contributed by atoms with Gasteiger partial charge in [-0.05, 0) is 36.8 Å². The molecule has 214 valence electrons. The van der Waals surface area contributed by atoms with Gasteiger partial charge in [-0.15, -0.1) is 0 Å². The highest BCUT2D eigenvalue weighted by Crippen LogP contribution is 2.28. The molecule has 0 atom stereocenters. The van der Waals surface area contributed by atoms with Crippen molar-refractivity contribution in [3.8, 4) is 0 Å². The van der Waals surface area contributed by atoms with Crippen LogP contribution < -0.4 is 10.2 Å². The second-order valence-corrected chi connectivity index (χ2v) is 11.0. The van der Waals surface area contributed by atoms with E-state index in [2.05, 4.69) is 12.2 Å². The molecule has 0 radical (unpaired) electrons. The first-order valence-corrected chi connectivity index (χ1v) is 15.2. The number of unbranched alkanes of at least 4 members (excludes halogenated alkanes) is 12. The number of hydrogen-bond donors (Lipinski definition) is 1. The normalized spacial score (nSPS) is 10.9. The molecule has 0 spiro atoms. The minimum atomic E-state index is -0.329. The van der Waals surface area contributed by atoms with E-state index in [1.165, 1.54) is 75.2 Å². The monoisotopic (exact) mass is 574 g/mol. The Morgan fingerprint density at radius 3 is 1.90 bits per heavy atom. The van der Waals surface area contributed by atoms with Gasteiger partial charge in [-0.1, -0.05) is 119 Å². The summed E-state index contributed by atoms with van der Waals surface area (Å²) < 4.78 is 0. The molecule has 2 amide bonds. The van der Waals surface area contributed by atoms with Crippen LogP contribution in [0.3, 0.4) is 0 Å². The lowest BCUT2D eigenvalue weighted by Crippen LogP contribution is -2.38. The van der Waals surface area contributed by atoms with E-state index in [-0.39, 0.29) is 29.7 Å². The van der Waals surface area contributed by atoms with Crippen molar-refractivity contribution in [1.29, 1.82) is 0 Å². The lowest BCUT2D eigenvalue weighted by molar-refractivity contribution is -0.124. The van der Waals surface area contributed by atoms with Gasteiger partial charge in [0.2, 0.25) is 11.8 Å². The molecule has 0 aromatic heterocycles. The van der Waals surface area contributed by atoms with Gasteiger partial charge in [0.25, 0.3) is 0 Å². The number of ketones is 1. The summed E-state index contributed by atoms with van der Waals surface area (Å²) in [6.45, 7) is 2.11. The number of rotatable bonds is 19. The third-order valence-electron chi connectivity index (χ3n) is 7.00. The van der Waals surface area contributed by atoms with Crippen molar-refractivity contribution in [3.63, 3.8) is 0 Å². The highest BCUT2D eigenvalue weighted by molar-refractivity contribution is 6.36. The molecule has 0 heterocycles. The Kier molecular flexibility index (Phi) is 15.9. The fourth-order valence-corrected chi connectivity index (χ4v) is 4.99. The van der Waals surface area contributed by atoms with Crippen LogP contribution in [0.5, 0.6) is 0 Å². The van der Waals surface area contributed by atoms with Gasteiger partial charge in [-0.2, -0.15) is 0 Å². The maximum atomic E-state index is 13.2. The maximum Gasteiger partial charge on any atom is 0.246 e. The average molecular weight is 576 g/mol. The third kappa shape index (κ3) is 12.1. The quantitative estimate of drug-likeness (QED) is 0.134. The predicted octanol–water partition coefficient (Wildman–Crippen LogP) is 8.78. The van der Waals surface area contributed by atoms with E-state index in [0.29, 0.717) is 27.7 Å². The zero-order valence-electron chi connectivity index (χ0n) is 23.6. The van der Waals surface area contributed by atoms with Gasteiger partial charge in [0.15, 0.2) is 5.78 Å². The maximum absolute atomic E-state index is 13.2. The zero-order chi connectivity index (χ0) is 28.5. The molecule has 0 saturated heterocycles. The van der Waals surface area contributed by atoms with Crippen molar-refractivity contribution in [2.75, 3.05) is 18.5 Å². The first-order chi connectivity index (χ1) is 18.8. The molecule has 0 fully saturated rings. The summed E-state index contributed by atoms with van der Waals surface area (Å²) in [6, 6.07) is 11.5. The number of carbonyl (C=O) groups excluding carboxylic acids is 3. The van der Waals surface area contributed by atoms with Crippen LogP contribution in [0.1, 0.15) is 113 Å². The molecule has 0 aliphatic carbocycles. The van der Waals surface area contributed by atoms with E-state index in [1.54, 1.807) is 43.4 Å². The number of anilines is 1. The van der Waals surface area contributed by atoms with E-state index in [1.807, 2.05) is 0 Å². The number of halogens is 2. The molecule has 5 nitrogen and oxygen atoms in total. The number of amides is 2. The fraction of sp³-hybridized carbons (Fsp3) is 0.531. The average Bonchev–Trinajstić information content (AvgIpc) is 2.93. The Morgan fingerprint density at radius 2 is 1.31 bits per heavy atom. The highest BCUT2D eigenvalue weighted by atomic mass is 35.5. The van der Waals surface area contributed by atoms with E-state index in [4.69, 9.17) is 23.2 Å². The van der Waals surface area contributed by atoms with Gasteiger partial charge in [0.1, 0.15) is 0 Å². The fourth-order valence-electron chi connectivity index (χ4n) is 4.59. The molecule has 1 N–H and O–H groups in total. The second kappa shape index (κ2) is 18.8. The standard InChI is InChI=1S/C32H44Cl2N2O3/c1-3-4-5-6-7-8-9-10-11-12-13-14-15-20-30(37)35-24-31(38)36(2)29-22-21-25(33)23-27(29)32(39)26-18-16-17-19-28(26)34/h16-19,21-23H,3-15,20,24H2,1-2H3,(H,35,37). The largest absolute Gasteiger partial charge is 0.347 e. The summed E-state index contributed by atoms with van der Waals surface area (Å²) in [5.74, 6) is -0.795. The minimum Gasteiger partial charge on any atom is -0.347 e. The highest BCUT2D eigenvalue weighted by Gasteiger charge is 2.22. The Hall–Kier alpha value is -2.37. The first-order valence-electron chi connectivity index (χ1n) is 14.5. The van der Waals surface area contributed by atoms with Crippen LogP contribution in [0, 0.1) is 0 Å². The van der Waals surface area contributed by atoms with Gasteiger partial charge >= 0.3 is 0 Å².